The molecule has 0 saturated heterocycles. The van der Waals surface area contributed by atoms with Gasteiger partial charge < -0.3 is 23.6 Å². The van der Waals surface area contributed by atoms with Gasteiger partial charge in [0.1, 0.15) is 0 Å². The van der Waals surface area contributed by atoms with Crippen LogP contribution < -0.4 is 113 Å². The van der Waals surface area contributed by atoms with E-state index in [9.17, 15) is 14.4 Å². The van der Waals surface area contributed by atoms with Gasteiger partial charge in [-0.1, -0.05) is 30.3 Å². The standard InChI is InChI=1S/C10H13O5P.2K/c1-9(15-16(11,12)13)14-8-7-10-5-3-2-4-6-10;;/h2-9H,1H3,(H2,11,12,13);;/q;2*+1/p-2/b8-7+;;. The van der Waals surface area contributed by atoms with Crippen LogP contribution in [0.3, 0.4) is 0 Å². The minimum atomic E-state index is -4.99. The Morgan fingerprint density at radius 1 is 1.22 bits per heavy atom. The van der Waals surface area contributed by atoms with Gasteiger partial charge in [0.2, 0.25) is 0 Å². The molecular weight excluding hydrogens is 309 g/mol. The van der Waals surface area contributed by atoms with Gasteiger partial charge in [-0.15, -0.1) is 0 Å². The van der Waals surface area contributed by atoms with Crippen LogP contribution in [0, 0.1) is 0 Å². The molecule has 0 aliphatic rings. The number of phosphoric acid groups is 1. The molecule has 5 nitrogen and oxygen atoms in total. The van der Waals surface area contributed by atoms with E-state index in [0.717, 1.165) is 5.56 Å². The predicted molar refractivity (Wildman–Crippen MR) is 54.7 cm³/mol. The average Bonchev–Trinajstić information content (AvgIpc) is 2.16. The molecule has 0 radical (unpaired) electrons. The minimum absolute atomic E-state index is 0. The maximum atomic E-state index is 10.2. The van der Waals surface area contributed by atoms with Crippen LogP contribution >= 0.6 is 7.82 Å². The van der Waals surface area contributed by atoms with Crippen LogP contribution in [0.25, 0.3) is 6.08 Å². The van der Waals surface area contributed by atoms with Crippen molar-refractivity contribution in [1.29, 1.82) is 0 Å². The smallest absolute Gasteiger partial charge is 0.790 e. The normalized spacial score (nSPS) is 12.4. The largest absolute Gasteiger partial charge is 1.00 e. The van der Waals surface area contributed by atoms with Crippen LogP contribution in [0.5, 0.6) is 0 Å². The maximum absolute atomic E-state index is 10.2. The van der Waals surface area contributed by atoms with E-state index in [1.807, 2.05) is 30.3 Å². The number of hydrogen-bond acceptors (Lipinski definition) is 5. The summed E-state index contributed by atoms with van der Waals surface area (Å²) in [6.45, 7) is 1.32. The van der Waals surface area contributed by atoms with Gasteiger partial charge in [-0.05, 0) is 18.6 Å². The molecule has 1 unspecified atom stereocenters. The Hall–Kier alpha value is 2.14. The summed E-state index contributed by atoms with van der Waals surface area (Å²) in [5, 5.41) is 0. The first-order valence-corrected chi connectivity index (χ1v) is 6.01. The Labute approximate surface area is 191 Å². The molecule has 1 atom stereocenters. The third-order valence-electron chi connectivity index (χ3n) is 1.61. The molecule has 0 aromatic heterocycles. The van der Waals surface area contributed by atoms with E-state index >= 15 is 0 Å². The molecule has 0 amide bonds. The maximum Gasteiger partial charge on any atom is 1.00 e. The quantitative estimate of drug-likeness (QED) is 0.235. The van der Waals surface area contributed by atoms with Gasteiger partial charge in [-0.25, -0.2) is 0 Å². The summed E-state index contributed by atoms with van der Waals surface area (Å²) in [6, 6.07) is 9.26. The zero-order valence-electron chi connectivity index (χ0n) is 10.6. The van der Waals surface area contributed by atoms with Crippen molar-refractivity contribution in [1.82, 2.24) is 0 Å². The van der Waals surface area contributed by atoms with Crippen molar-refractivity contribution < 1.29 is 126 Å². The van der Waals surface area contributed by atoms with Gasteiger partial charge in [0.05, 0.1) is 14.1 Å². The zero-order chi connectivity index (χ0) is 12.0. The molecule has 1 rings (SSSR count). The summed E-state index contributed by atoms with van der Waals surface area (Å²) in [5.41, 5.74) is 0.891. The van der Waals surface area contributed by atoms with Gasteiger partial charge in [-0.3, -0.25) is 0 Å². The number of benzene rings is 1. The molecule has 18 heavy (non-hydrogen) atoms. The molecule has 88 valence electrons. The molecule has 0 fully saturated rings. The molecule has 0 aliphatic carbocycles. The monoisotopic (exact) mass is 320 g/mol. The Balaban J connectivity index is 0. The van der Waals surface area contributed by atoms with Crippen LogP contribution in [-0.2, 0) is 13.8 Å². The van der Waals surface area contributed by atoms with E-state index in [-0.39, 0.29) is 103 Å². The minimum Gasteiger partial charge on any atom is -0.790 e. The molecule has 0 spiro atoms. The van der Waals surface area contributed by atoms with Gasteiger partial charge >= 0.3 is 103 Å². The fraction of sp³-hybridized carbons (Fsp3) is 0.200. The molecule has 0 aliphatic heterocycles. The van der Waals surface area contributed by atoms with Gasteiger partial charge in [-0.2, -0.15) is 0 Å². The molecular formula is C10H11K2O5P. The molecule has 1 aromatic carbocycles. The summed E-state index contributed by atoms with van der Waals surface area (Å²) in [6.07, 6.45) is 1.77. The second kappa shape index (κ2) is 11.8. The summed E-state index contributed by atoms with van der Waals surface area (Å²) in [4.78, 5) is 20.4. The zero-order valence-corrected chi connectivity index (χ0v) is 17.7. The van der Waals surface area contributed by atoms with Crippen LogP contribution in [0.1, 0.15) is 12.5 Å². The summed E-state index contributed by atoms with van der Waals surface area (Å²) >= 11 is 0. The first kappa shape index (κ1) is 22.4. The second-order valence-electron chi connectivity index (χ2n) is 2.97. The third kappa shape index (κ3) is 11.9. The molecule has 0 bridgehead atoms. The van der Waals surface area contributed by atoms with Gasteiger partial charge in [0, 0.05) is 0 Å². The summed E-state index contributed by atoms with van der Waals surface area (Å²) < 4.78 is 19.1. The van der Waals surface area contributed by atoms with Gasteiger partial charge in [0.25, 0.3) is 0 Å². The van der Waals surface area contributed by atoms with E-state index in [0.29, 0.717) is 0 Å². The number of ether oxygens (including phenoxy) is 1. The molecule has 1 aromatic rings. The van der Waals surface area contributed by atoms with E-state index in [2.05, 4.69) is 4.52 Å². The van der Waals surface area contributed by atoms with Crippen LogP contribution in [0.2, 0.25) is 0 Å². The molecule has 0 saturated carbocycles. The first-order valence-electron chi connectivity index (χ1n) is 4.55. The van der Waals surface area contributed by atoms with E-state index in [4.69, 9.17) is 4.74 Å². The predicted octanol–water partition coefficient (Wildman–Crippen LogP) is -5.13. The Kier molecular flexibility index (Phi) is 14.7. The van der Waals surface area contributed by atoms with E-state index in [1.165, 1.54) is 13.2 Å². The second-order valence-corrected chi connectivity index (χ2v) is 4.08. The first-order chi connectivity index (χ1) is 7.47. The van der Waals surface area contributed by atoms with Crippen LogP contribution in [0.15, 0.2) is 36.6 Å². The Morgan fingerprint density at radius 2 is 1.78 bits per heavy atom. The van der Waals surface area contributed by atoms with Crippen molar-refractivity contribution in [3.8, 4) is 0 Å². The van der Waals surface area contributed by atoms with Crippen molar-refractivity contribution >= 4 is 13.9 Å². The van der Waals surface area contributed by atoms with E-state index < -0.39 is 14.1 Å². The SMILES string of the molecule is CC(O/C=C/c1ccccc1)OP(=O)([O-])[O-].[K+].[K+]. The Morgan fingerprint density at radius 3 is 2.28 bits per heavy atom. The summed E-state index contributed by atoms with van der Waals surface area (Å²) in [7, 11) is -4.99. The summed E-state index contributed by atoms with van der Waals surface area (Å²) in [5.74, 6) is 0. The molecule has 0 heterocycles. The van der Waals surface area contributed by atoms with Crippen molar-refractivity contribution in [3.63, 3.8) is 0 Å². The van der Waals surface area contributed by atoms with Crippen molar-refractivity contribution in [2.75, 3.05) is 0 Å². The van der Waals surface area contributed by atoms with Gasteiger partial charge in [0.15, 0.2) is 6.29 Å². The third-order valence-corrected chi connectivity index (χ3v) is 2.16. The molecule has 8 heteroatoms. The Bertz CT molecular complexity index is 393. The number of phosphoric ester groups is 1. The van der Waals surface area contributed by atoms with Crippen molar-refractivity contribution in [2.24, 2.45) is 0 Å². The van der Waals surface area contributed by atoms with Crippen LogP contribution in [0.4, 0.5) is 0 Å². The van der Waals surface area contributed by atoms with Crippen LogP contribution in [-0.4, -0.2) is 6.29 Å². The van der Waals surface area contributed by atoms with Crippen molar-refractivity contribution in [2.45, 2.75) is 13.2 Å². The number of hydrogen-bond donors (Lipinski definition) is 0. The topological polar surface area (TPSA) is 81.7 Å². The number of rotatable bonds is 5. The fourth-order valence-electron chi connectivity index (χ4n) is 0.999. The van der Waals surface area contributed by atoms with Crippen molar-refractivity contribution in [3.05, 3.63) is 42.2 Å². The van der Waals surface area contributed by atoms with E-state index in [1.54, 1.807) is 6.08 Å². The molecule has 0 N–H and O–H groups in total. The fourth-order valence-corrected chi connectivity index (χ4v) is 1.41. The average molecular weight is 320 g/mol.